The van der Waals surface area contributed by atoms with Crippen molar-refractivity contribution in [2.24, 2.45) is 5.41 Å². The lowest BCUT2D eigenvalue weighted by molar-refractivity contribution is -0.138. The Kier molecular flexibility index (Phi) is 6.22. The molecule has 0 unspecified atom stereocenters. The molecule has 26 heavy (non-hydrogen) atoms. The van der Waals surface area contributed by atoms with Gasteiger partial charge in [0.2, 0.25) is 11.8 Å². The van der Waals surface area contributed by atoms with Crippen molar-refractivity contribution in [1.82, 2.24) is 5.32 Å². The van der Waals surface area contributed by atoms with Crippen LogP contribution in [0, 0.1) is 5.41 Å². The van der Waals surface area contributed by atoms with E-state index in [2.05, 4.69) is 10.6 Å². The molecule has 0 fully saturated rings. The number of benzene rings is 2. The molecule has 0 radical (unpaired) electrons. The summed E-state index contributed by atoms with van der Waals surface area (Å²) < 4.78 is 10.4. The molecule has 2 amide bonds. The second-order valence-electron chi connectivity index (χ2n) is 6.32. The number of methoxy groups -OCH3 is 2. The Morgan fingerprint density at radius 2 is 1.58 bits per heavy atom. The predicted octanol–water partition coefficient (Wildman–Crippen LogP) is 2.98. The number of hydrogen-bond donors (Lipinski definition) is 2. The minimum absolute atomic E-state index is 0.279. The van der Waals surface area contributed by atoms with Gasteiger partial charge in [0.15, 0.2) is 11.5 Å². The maximum absolute atomic E-state index is 12.5. The van der Waals surface area contributed by atoms with Crippen molar-refractivity contribution in [1.29, 1.82) is 0 Å². The maximum Gasteiger partial charge on any atom is 0.239 e. The lowest BCUT2D eigenvalue weighted by Crippen LogP contribution is -2.44. The van der Waals surface area contributed by atoms with Gasteiger partial charge in [-0.1, -0.05) is 24.3 Å². The molecule has 6 nitrogen and oxygen atoms in total. The van der Waals surface area contributed by atoms with Crippen molar-refractivity contribution in [3.63, 3.8) is 0 Å². The van der Waals surface area contributed by atoms with Gasteiger partial charge in [0.25, 0.3) is 0 Å². The predicted molar refractivity (Wildman–Crippen MR) is 100 cm³/mol. The number of anilines is 1. The zero-order valence-corrected chi connectivity index (χ0v) is 15.5. The summed E-state index contributed by atoms with van der Waals surface area (Å²) in [5, 5.41) is 5.56. The Bertz CT molecular complexity index is 773. The standard InChI is InChI=1S/C20H24N2O4/c1-20(2,19(24)22-15-8-6-5-7-9-15)18(23)21-13-14-10-11-16(25-3)17(12-14)26-4/h5-12H,13H2,1-4H3,(H,21,23)(H,22,24). The summed E-state index contributed by atoms with van der Waals surface area (Å²) in [5.41, 5.74) is 0.278. The molecule has 0 bridgehead atoms. The first-order chi connectivity index (χ1) is 12.4. The van der Waals surface area contributed by atoms with Crippen molar-refractivity contribution in [3.8, 4) is 11.5 Å². The number of carbonyl (C=O) groups excluding carboxylic acids is 2. The second-order valence-corrected chi connectivity index (χ2v) is 6.32. The highest BCUT2D eigenvalue weighted by atomic mass is 16.5. The summed E-state index contributed by atoms with van der Waals surface area (Å²) >= 11 is 0. The fraction of sp³-hybridized carbons (Fsp3) is 0.300. The molecule has 6 heteroatoms. The number of amides is 2. The van der Waals surface area contributed by atoms with E-state index in [-0.39, 0.29) is 18.4 Å². The molecule has 2 aromatic rings. The monoisotopic (exact) mass is 356 g/mol. The fourth-order valence-electron chi connectivity index (χ4n) is 2.31. The van der Waals surface area contributed by atoms with E-state index in [0.717, 1.165) is 5.56 Å². The van der Waals surface area contributed by atoms with Crippen molar-refractivity contribution in [2.45, 2.75) is 20.4 Å². The van der Waals surface area contributed by atoms with E-state index >= 15 is 0 Å². The van der Waals surface area contributed by atoms with Crippen molar-refractivity contribution >= 4 is 17.5 Å². The van der Waals surface area contributed by atoms with Crippen LogP contribution in [0.2, 0.25) is 0 Å². The third-order valence-corrected chi connectivity index (χ3v) is 4.07. The maximum atomic E-state index is 12.5. The van der Waals surface area contributed by atoms with E-state index in [1.165, 1.54) is 0 Å². The highest BCUT2D eigenvalue weighted by Gasteiger charge is 2.35. The van der Waals surface area contributed by atoms with Gasteiger partial charge in [-0.15, -0.1) is 0 Å². The van der Waals surface area contributed by atoms with Crippen LogP contribution in [0.5, 0.6) is 11.5 Å². The lowest BCUT2D eigenvalue weighted by Gasteiger charge is -2.23. The molecule has 138 valence electrons. The SMILES string of the molecule is COc1ccc(CNC(=O)C(C)(C)C(=O)Nc2ccccc2)cc1OC. The van der Waals surface area contributed by atoms with Gasteiger partial charge < -0.3 is 20.1 Å². The Balaban J connectivity index is 2.00. The normalized spacial score (nSPS) is 10.8. The van der Waals surface area contributed by atoms with Gasteiger partial charge in [0, 0.05) is 12.2 Å². The number of hydrogen-bond acceptors (Lipinski definition) is 4. The molecule has 0 saturated heterocycles. The quantitative estimate of drug-likeness (QED) is 0.748. The van der Waals surface area contributed by atoms with Crippen LogP contribution in [0.1, 0.15) is 19.4 Å². The van der Waals surface area contributed by atoms with Gasteiger partial charge in [-0.2, -0.15) is 0 Å². The summed E-state index contributed by atoms with van der Waals surface area (Å²) in [6.07, 6.45) is 0. The van der Waals surface area contributed by atoms with Gasteiger partial charge in [-0.25, -0.2) is 0 Å². The van der Waals surface area contributed by atoms with Crippen molar-refractivity contribution in [2.75, 3.05) is 19.5 Å². The average Bonchev–Trinajstić information content (AvgIpc) is 2.66. The van der Waals surface area contributed by atoms with Crippen LogP contribution in [0.15, 0.2) is 48.5 Å². The van der Waals surface area contributed by atoms with E-state index in [1.807, 2.05) is 24.3 Å². The molecule has 0 aromatic heterocycles. The van der Waals surface area contributed by atoms with Crippen LogP contribution < -0.4 is 20.1 Å². The van der Waals surface area contributed by atoms with Gasteiger partial charge in [0.1, 0.15) is 5.41 Å². The summed E-state index contributed by atoms with van der Waals surface area (Å²) in [6, 6.07) is 14.4. The number of para-hydroxylation sites is 1. The molecule has 0 aliphatic heterocycles. The zero-order chi connectivity index (χ0) is 19.2. The van der Waals surface area contributed by atoms with E-state index in [1.54, 1.807) is 52.3 Å². The molecule has 2 N–H and O–H groups in total. The number of nitrogens with one attached hydrogen (secondary N) is 2. The first-order valence-corrected chi connectivity index (χ1v) is 8.24. The summed E-state index contributed by atoms with van der Waals surface area (Å²) in [5.74, 6) is 0.472. The third kappa shape index (κ3) is 4.53. The third-order valence-electron chi connectivity index (χ3n) is 4.07. The highest BCUT2D eigenvalue weighted by molar-refractivity contribution is 6.09. The summed E-state index contributed by atoms with van der Waals surface area (Å²) in [4.78, 5) is 25.0. The van der Waals surface area contributed by atoms with Gasteiger partial charge in [0.05, 0.1) is 14.2 Å². The topological polar surface area (TPSA) is 76.7 Å². The minimum Gasteiger partial charge on any atom is -0.493 e. The smallest absolute Gasteiger partial charge is 0.239 e. The molecule has 0 heterocycles. The number of carbonyl (C=O) groups is 2. The van der Waals surface area contributed by atoms with E-state index < -0.39 is 5.41 Å². The average molecular weight is 356 g/mol. The fourth-order valence-corrected chi connectivity index (χ4v) is 2.31. The molecule has 0 atom stereocenters. The Morgan fingerprint density at radius 3 is 2.19 bits per heavy atom. The largest absolute Gasteiger partial charge is 0.493 e. The molecule has 2 rings (SSSR count). The molecule has 0 saturated carbocycles. The first-order valence-electron chi connectivity index (χ1n) is 8.24. The molecule has 0 aliphatic carbocycles. The van der Waals surface area contributed by atoms with Crippen molar-refractivity contribution < 1.29 is 19.1 Å². The van der Waals surface area contributed by atoms with Crippen LogP contribution in [0.4, 0.5) is 5.69 Å². The van der Waals surface area contributed by atoms with Crippen LogP contribution in [-0.2, 0) is 16.1 Å². The Hall–Kier alpha value is -3.02. The molecule has 2 aromatic carbocycles. The molecular formula is C20H24N2O4. The first kappa shape index (κ1) is 19.3. The van der Waals surface area contributed by atoms with Gasteiger partial charge in [-0.3, -0.25) is 9.59 Å². The zero-order valence-electron chi connectivity index (χ0n) is 15.5. The second kappa shape index (κ2) is 8.38. The van der Waals surface area contributed by atoms with E-state index in [4.69, 9.17) is 9.47 Å². The highest BCUT2D eigenvalue weighted by Crippen LogP contribution is 2.27. The number of ether oxygens (including phenoxy) is 2. The minimum atomic E-state index is -1.22. The van der Waals surface area contributed by atoms with E-state index in [9.17, 15) is 9.59 Å². The van der Waals surface area contributed by atoms with E-state index in [0.29, 0.717) is 17.2 Å². The van der Waals surface area contributed by atoms with Crippen LogP contribution in [0.3, 0.4) is 0 Å². The Labute approximate surface area is 153 Å². The Morgan fingerprint density at radius 1 is 0.923 bits per heavy atom. The molecule has 0 aliphatic rings. The summed E-state index contributed by atoms with van der Waals surface area (Å²) in [7, 11) is 3.12. The van der Waals surface area contributed by atoms with Crippen LogP contribution in [-0.4, -0.2) is 26.0 Å². The van der Waals surface area contributed by atoms with Gasteiger partial charge in [-0.05, 0) is 43.7 Å². The van der Waals surface area contributed by atoms with Crippen LogP contribution >= 0.6 is 0 Å². The van der Waals surface area contributed by atoms with Crippen molar-refractivity contribution in [3.05, 3.63) is 54.1 Å². The van der Waals surface area contributed by atoms with Crippen LogP contribution in [0.25, 0.3) is 0 Å². The summed E-state index contributed by atoms with van der Waals surface area (Å²) in [6.45, 7) is 3.46. The molecular weight excluding hydrogens is 332 g/mol. The number of rotatable bonds is 7. The molecule has 0 spiro atoms. The van der Waals surface area contributed by atoms with Gasteiger partial charge >= 0.3 is 0 Å². The lowest BCUT2D eigenvalue weighted by atomic mass is 9.90.